The second kappa shape index (κ2) is 1.20. The third kappa shape index (κ3) is 0.493. The lowest BCUT2D eigenvalue weighted by molar-refractivity contribution is 0.303. The number of fused-ring (bicyclic) bond motifs is 3. The Balaban J connectivity index is 1.87. The smallest absolute Gasteiger partial charge is 0.0257 e. The highest BCUT2D eigenvalue weighted by molar-refractivity contribution is 5.11. The predicted molar refractivity (Wildman–Crippen MR) is 36.2 cm³/mol. The van der Waals surface area contributed by atoms with E-state index in [4.69, 9.17) is 0 Å². The van der Waals surface area contributed by atoms with Gasteiger partial charge in [-0.2, -0.15) is 0 Å². The van der Waals surface area contributed by atoms with E-state index in [1.165, 1.54) is 13.0 Å². The maximum absolute atomic E-state index is 2.66. The zero-order valence-corrected chi connectivity index (χ0v) is 5.88. The molecule has 5 atom stereocenters. The van der Waals surface area contributed by atoms with Crippen molar-refractivity contribution >= 4 is 0 Å². The first-order chi connectivity index (χ1) is 4.36. The number of rotatable bonds is 0. The van der Waals surface area contributed by atoms with E-state index in [0.717, 1.165) is 23.9 Å². The van der Waals surface area contributed by atoms with Crippen LogP contribution in [0.3, 0.4) is 0 Å². The third-order valence-electron chi connectivity index (χ3n) is 3.37. The average Bonchev–Trinajstić information content (AvgIpc) is 2.54. The average molecular weight is 123 g/mol. The molecule has 0 N–H and O–H groups in total. The minimum Gasteiger partial charge on any atom is -0.295 e. The monoisotopic (exact) mass is 123 g/mol. The van der Waals surface area contributed by atoms with Crippen molar-refractivity contribution in [2.45, 2.75) is 31.8 Å². The Morgan fingerprint density at radius 3 is 3.11 bits per heavy atom. The Morgan fingerprint density at radius 1 is 1.33 bits per heavy atom. The van der Waals surface area contributed by atoms with E-state index in [0.29, 0.717) is 0 Å². The lowest BCUT2D eigenvalue weighted by Crippen LogP contribution is -2.22. The third-order valence-corrected chi connectivity index (χ3v) is 3.37. The second-order valence-corrected chi connectivity index (χ2v) is 4.01. The number of hydrogen-bond acceptors (Lipinski definition) is 1. The lowest BCUT2D eigenvalue weighted by atomic mass is 10.1. The largest absolute Gasteiger partial charge is 0.295 e. The van der Waals surface area contributed by atoms with Crippen LogP contribution in [0.2, 0.25) is 0 Å². The first kappa shape index (κ1) is 4.73. The topological polar surface area (TPSA) is 3.01 Å². The number of piperidine rings is 1. The molecule has 9 heavy (non-hydrogen) atoms. The van der Waals surface area contributed by atoms with Gasteiger partial charge in [-0.1, -0.05) is 0 Å². The van der Waals surface area contributed by atoms with Gasteiger partial charge in [0.2, 0.25) is 0 Å². The molecule has 50 valence electrons. The van der Waals surface area contributed by atoms with Crippen LogP contribution in [0, 0.1) is 11.8 Å². The SMILES string of the molecule is CC1CC2CC2C2CN12. The summed E-state index contributed by atoms with van der Waals surface area (Å²) < 4.78 is 0. The fraction of sp³-hybridized carbons (Fsp3) is 1.00. The molecular weight excluding hydrogens is 110 g/mol. The molecule has 3 fully saturated rings. The maximum Gasteiger partial charge on any atom is 0.0257 e. The molecular formula is C8H13N. The molecule has 1 nitrogen and oxygen atoms in total. The second-order valence-electron chi connectivity index (χ2n) is 4.01. The molecule has 2 aliphatic heterocycles. The summed E-state index contributed by atoms with van der Waals surface area (Å²) in [6.45, 7) is 3.82. The van der Waals surface area contributed by atoms with Crippen LogP contribution in [0.15, 0.2) is 0 Å². The van der Waals surface area contributed by atoms with Gasteiger partial charge in [0.25, 0.3) is 0 Å². The summed E-state index contributed by atoms with van der Waals surface area (Å²) in [5.74, 6) is 2.31. The molecule has 0 aromatic rings. The Labute approximate surface area is 56.0 Å². The van der Waals surface area contributed by atoms with E-state index in [2.05, 4.69) is 11.8 Å². The summed E-state index contributed by atoms with van der Waals surface area (Å²) in [6.07, 6.45) is 3.06. The number of hydrogen-bond donors (Lipinski definition) is 0. The van der Waals surface area contributed by atoms with E-state index in [9.17, 15) is 0 Å². The van der Waals surface area contributed by atoms with E-state index in [1.54, 1.807) is 6.42 Å². The van der Waals surface area contributed by atoms with Gasteiger partial charge in [-0.25, -0.2) is 0 Å². The standard InChI is InChI=1S/C8H13N/c1-5-2-6-3-7(6)8-4-9(5)8/h5-8H,2-4H2,1H3. The molecule has 0 aromatic carbocycles. The van der Waals surface area contributed by atoms with Gasteiger partial charge in [0.15, 0.2) is 0 Å². The lowest BCUT2D eigenvalue weighted by Gasteiger charge is -2.17. The first-order valence-electron chi connectivity index (χ1n) is 4.12. The molecule has 1 saturated carbocycles. The Bertz CT molecular complexity index is 150. The zero-order valence-electron chi connectivity index (χ0n) is 5.88. The summed E-state index contributed by atoms with van der Waals surface area (Å²) in [5, 5.41) is 0. The first-order valence-corrected chi connectivity index (χ1v) is 4.12. The van der Waals surface area contributed by atoms with Gasteiger partial charge in [-0.3, -0.25) is 4.90 Å². The van der Waals surface area contributed by atoms with Gasteiger partial charge in [0, 0.05) is 18.6 Å². The molecule has 3 aliphatic rings. The maximum atomic E-state index is 2.66. The van der Waals surface area contributed by atoms with Gasteiger partial charge in [-0.15, -0.1) is 0 Å². The van der Waals surface area contributed by atoms with Crippen LogP contribution in [0.1, 0.15) is 19.8 Å². The van der Waals surface area contributed by atoms with Crippen molar-refractivity contribution in [2.75, 3.05) is 6.54 Å². The van der Waals surface area contributed by atoms with E-state index in [-0.39, 0.29) is 0 Å². The molecule has 0 radical (unpaired) electrons. The van der Waals surface area contributed by atoms with Crippen molar-refractivity contribution in [1.82, 2.24) is 4.90 Å². The Hall–Kier alpha value is -0.0400. The zero-order chi connectivity index (χ0) is 6.01. The van der Waals surface area contributed by atoms with Crippen LogP contribution in [0.25, 0.3) is 0 Å². The number of nitrogens with zero attached hydrogens (tertiary/aromatic N) is 1. The van der Waals surface area contributed by atoms with Crippen LogP contribution in [0.5, 0.6) is 0 Å². The molecule has 0 spiro atoms. The van der Waals surface area contributed by atoms with Gasteiger partial charge in [-0.05, 0) is 31.6 Å². The van der Waals surface area contributed by atoms with Crippen molar-refractivity contribution in [3.05, 3.63) is 0 Å². The van der Waals surface area contributed by atoms with Crippen LogP contribution in [-0.2, 0) is 0 Å². The molecule has 5 unspecified atom stereocenters. The molecule has 0 bridgehead atoms. The molecule has 2 saturated heterocycles. The summed E-state index contributed by atoms with van der Waals surface area (Å²) >= 11 is 0. The van der Waals surface area contributed by atoms with E-state index < -0.39 is 0 Å². The van der Waals surface area contributed by atoms with Crippen molar-refractivity contribution < 1.29 is 0 Å². The minimum absolute atomic E-state index is 0.929. The van der Waals surface area contributed by atoms with Crippen molar-refractivity contribution in [3.8, 4) is 0 Å². The Kier molecular flexibility index (Phi) is 0.628. The minimum atomic E-state index is 0.929. The molecule has 3 rings (SSSR count). The van der Waals surface area contributed by atoms with Crippen molar-refractivity contribution in [1.29, 1.82) is 0 Å². The molecule has 1 aliphatic carbocycles. The fourth-order valence-corrected chi connectivity index (χ4v) is 2.64. The normalized spacial score (nSPS) is 68.3. The van der Waals surface area contributed by atoms with E-state index >= 15 is 0 Å². The van der Waals surface area contributed by atoms with Crippen molar-refractivity contribution in [3.63, 3.8) is 0 Å². The van der Waals surface area contributed by atoms with Crippen molar-refractivity contribution in [2.24, 2.45) is 11.8 Å². The summed E-state index contributed by atoms with van der Waals surface area (Å²) in [5.41, 5.74) is 0. The highest BCUT2D eigenvalue weighted by atomic mass is 15.3. The van der Waals surface area contributed by atoms with Gasteiger partial charge < -0.3 is 0 Å². The van der Waals surface area contributed by atoms with Crippen LogP contribution >= 0.6 is 0 Å². The van der Waals surface area contributed by atoms with Gasteiger partial charge in [0.05, 0.1) is 0 Å². The molecule has 2 heterocycles. The molecule has 0 amide bonds. The quantitative estimate of drug-likeness (QED) is 0.436. The molecule has 0 aromatic heterocycles. The summed E-state index contributed by atoms with van der Waals surface area (Å²) in [7, 11) is 0. The van der Waals surface area contributed by atoms with Crippen LogP contribution < -0.4 is 0 Å². The van der Waals surface area contributed by atoms with Crippen LogP contribution in [0.4, 0.5) is 0 Å². The predicted octanol–water partition coefficient (Wildman–Crippen LogP) is 1.10. The van der Waals surface area contributed by atoms with E-state index in [1.807, 2.05) is 0 Å². The van der Waals surface area contributed by atoms with Gasteiger partial charge in [0.1, 0.15) is 0 Å². The highest BCUT2D eigenvalue weighted by Crippen LogP contribution is 2.55. The fourth-order valence-electron chi connectivity index (χ4n) is 2.64. The summed E-state index contributed by atoms with van der Waals surface area (Å²) in [6, 6.07) is 1.98. The summed E-state index contributed by atoms with van der Waals surface area (Å²) in [4.78, 5) is 2.66. The van der Waals surface area contributed by atoms with Gasteiger partial charge >= 0.3 is 0 Å². The Morgan fingerprint density at radius 2 is 2.22 bits per heavy atom. The molecule has 1 heteroatoms. The van der Waals surface area contributed by atoms with Crippen LogP contribution in [-0.4, -0.2) is 23.5 Å². The highest BCUT2D eigenvalue weighted by Gasteiger charge is 2.58.